The molecular formula is C30H32N6O2S. The molecule has 0 bridgehead atoms. The molecule has 4 heterocycles. The minimum absolute atomic E-state index is 0.0754. The smallest absolute Gasteiger partial charge is 0.224 e. The molecule has 0 aliphatic carbocycles. The number of methoxy groups -OCH3 is 1. The van der Waals surface area contributed by atoms with Gasteiger partial charge in [0.05, 0.1) is 30.6 Å². The Labute approximate surface area is 234 Å². The predicted octanol–water partition coefficient (Wildman–Crippen LogP) is 5.48. The zero-order valence-electron chi connectivity index (χ0n) is 22.5. The van der Waals surface area contributed by atoms with Crippen molar-refractivity contribution in [3.8, 4) is 5.75 Å². The van der Waals surface area contributed by atoms with Crippen molar-refractivity contribution in [3.05, 3.63) is 101 Å². The van der Waals surface area contributed by atoms with E-state index in [1.165, 1.54) is 0 Å². The van der Waals surface area contributed by atoms with Crippen molar-refractivity contribution < 1.29 is 9.53 Å². The zero-order chi connectivity index (χ0) is 27.5. The Morgan fingerprint density at radius 2 is 1.97 bits per heavy atom. The fraction of sp³-hybridized carbons (Fsp3) is 0.267. The summed E-state index contributed by atoms with van der Waals surface area (Å²) in [6, 6.07) is 17.6. The van der Waals surface area contributed by atoms with Crippen LogP contribution in [0.15, 0.2) is 73.2 Å². The first-order chi connectivity index (χ1) is 18.9. The molecule has 39 heavy (non-hydrogen) atoms. The third kappa shape index (κ3) is 5.22. The maximum atomic E-state index is 12.1. The van der Waals surface area contributed by atoms with E-state index in [0.29, 0.717) is 23.0 Å². The first-order valence-electron chi connectivity index (χ1n) is 12.9. The number of carbonyl (C=O) groups is 1. The Bertz CT molecular complexity index is 1490. The number of thiocarbonyl (C=S) groups is 1. The molecule has 2 atom stereocenters. The Morgan fingerprint density at radius 3 is 2.67 bits per heavy atom. The van der Waals surface area contributed by atoms with Crippen molar-refractivity contribution in [1.82, 2.24) is 19.9 Å². The van der Waals surface area contributed by atoms with E-state index in [2.05, 4.69) is 56.0 Å². The lowest BCUT2D eigenvalue weighted by molar-refractivity contribution is -0.115. The molecule has 1 fully saturated rings. The Hall–Kier alpha value is -4.24. The Morgan fingerprint density at radius 1 is 1.13 bits per heavy atom. The third-order valence-corrected chi connectivity index (χ3v) is 7.47. The van der Waals surface area contributed by atoms with Gasteiger partial charge in [0.1, 0.15) is 5.75 Å². The molecule has 9 heteroatoms. The normalized spacial score (nSPS) is 16.7. The number of nitrogens with one attached hydrogen (secondary N) is 2. The van der Waals surface area contributed by atoms with Crippen LogP contribution < -0.4 is 20.3 Å². The molecule has 5 rings (SSSR count). The van der Waals surface area contributed by atoms with Gasteiger partial charge in [-0.3, -0.25) is 14.8 Å². The molecule has 8 nitrogen and oxygen atoms in total. The fourth-order valence-corrected chi connectivity index (χ4v) is 5.51. The number of aryl methyl sites for hydroxylation is 1. The van der Waals surface area contributed by atoms with Gasteiger partial charge < -0.3 is 24.8 Å². The van der Waals surface area contributed by atoms with E-state index in [9.17, 15) is 4.79 Å². The van der Waals surface area contributed by atoms with Gasteiger partial charge in [0.25, 0.3) is 0 Å². The van der Waals surface area contributed by atoms with Gasteiger partial charge >= 0.3 is 0 Å². The Balaban J connectivity index is 1.60. The number of rotatable bonds is 8. The van der Waals surface area contributed by atoms with Crippen molar-refractivity contribution in [2.45, 2.75) is 45.8 Å². The van der Waals surface area contributed by atoms with E-state index in [-0.39, 0.29) is 18.0 Å². The monoisotopic (exact) mass is 540 g/mol. The Kier molecular flexibility index (Phi) is 7.60. The van der Waals surface area contributed by atoms with Crippen LogP contribution >= 0.6 is 12.2 Å². The van der Waals surface area contributed by atoms with Crippen LogP contribution in [0.3, 0.4) is 0 Å². The van der Waals surface area contributed by atoms with Gasteiger partial charge in [-0.15, -0.1) is 0 Å². The van der Waals surface area contributed by atoms with Crippen LogP contribution in [-0.2, 0) is 11.3 Å². The maximum absolute atomic E-state index is 12.1. The van der Waals surface area contributed by atoms with Crippen molar-refractivity contribution in [2.75, 3.05) is 17.3 Å². The molecular weight excluding hydrogens is 508 g/mol. The van der Waals surface area contributed by atoms with Crippen molar-refractivity contribution >= 4 is 34.6 Å². The van der Waals surface area contributed by atoms with Crippen LogP contribution in [0.5, 0.6) is 5.75 Å². The molecule has 2 N–H and O–H groups in total. The van der Waals surface area contributed by atoms with Crippen LogP contribution in [0.25, 0.3) is 0 Å². The van der Waals surface area contributed by atoms with Gasteiger partial charge in [-0.05, 0) is 73.6 Å². The van der Waals surface area contributed by atoms with Crippen LogP contribution in [-0.4, -0.2) is 32.7 Å². The second-order valence-corrected chi connectivity index (χ2v) is 9.94. The van der Waals surface area contributed by atoms with Gasteiger partial charge in [0, 0.05) is 54.7 Å². The summed E-state index contributed by atoms with van der Waals surface area (Å²) in [6.07, 6.45) is 5.88. The van der Waals surface area contributed by atoms with Crippen LogP contribution in [0.2, 0.25) is 0 Å². The number of benzene rings is 1. The van der Waals surface area contributed by atoms with E-state index in [1.807, 2.05) is 55.6 Å². The SMILES string of the molecule is CCC(=O)Nc1ccc(N2C(=S)N[C@@H](c3ccccn3)[C@H]2c2cc(C)n(Cc3cccnc3)c2C)cc1OC. The molecule has 4 aromatic rings. The summed E-state index contributed by atoms with van der Waals surface area (Å²) in [7, 11) is 1.60. The van der Waals surface area contributed by atoms with Crippen molar-refractivity contribution in [1.29, 1.82) is 0 Å². The van der Waals surface area contributed by atoms with Crippen LogP contribution in [0.1, 0.15) is 53.6 Å². The van der Waals surface area contributed by atoms with E-state index >= 15 is 0 Å². The highest BCUT2D eigenvalue weighted by atomic mass is 32.1. The highest BCUT2D eigenvalue weighted by molar-refractivity contribution is 7.80. The number of amides is 1. The minimum Gasteiger partial charge on any atom is -0.494 e. The van der Waals surface area contributed by atoms with Crippen LogP contribution in [0, 0.1) is 13.8 Å². The number of hydrogen-bond acceptors (Lipinski definition) is 5. The average Bonchev–Trinajstić information content (AvgIpc) is 3.45. The highest BCUT2D eigenvalue weighted by Crippen LogP contribution is 2.44. The molecule has 0 saturated carbocycles. The van der Waals surface area contributed by atoms with E-state index in [0.717, 1.165) is 40.4 Å². The summed E-state index contributed by atoms with van der Waals surface area (Å²) in [5.41, 5.74) is 6.98. The first kappa shape index (κ1) is 26.4. The molecule has 1 saturated heterocycles. The lowest BCUT2D eigenvalue weighted by Gasteiger charge is -2.29. The van der Waals surface area contributed by atoms with Crippen molar-refractivity contribution in [2.24, 2.45) is 0 Å². The summed E-state index contributed by atoms with van der Waals surface area (Å²) in [5, 5.41) is 7.04. The quantitative estimate of drug-likeness (QED) is 0.287. The standard InChI is InChI=1S/C30H32N6O2S/c1-5-27(37)33-24-12-11-22(16-26(24)38-4)36-29(28(34-30(36)39)25-10-6-7-14-32-25)23-15-19(2)35(20(23)3)18-21-9-8-13-31-17-21/h6-17,28-29H,5,18H2,1-4H3,(H,33,37)(H,34,39)/t28-,29+/m0/s1. The summed E-state index contributed by atoms with van der Waals surface area (Å²) in [5.74, 6) is 0.493. The molecule has 1 aliphatic rings. The summed E-state index contributed by atoms with van der Waals surface area (Å²) in [6.45, 7) is 6.82. The molecule has 0 spiro atoms. The maximum Gasteiger partial charge on any atom is 0.224 e. The average molecular weight is 541 g/mol. The number of pyridine rings is 2. The van der Waals surface area contributed by atoms with Gasteiger partial charge in [-0.25, -0.2) is 0 Å². The summed E-state index contributed by atoms with van der Waals surface area (Å²) >= 11 is 5.93. The molecule has 1 amide bonds. The number of nitrogens with zero attached hydrogens (tertiary/aromatic N) is 4. The molecule has 3 aromatic heterocycles. The second kappa shape index (κ2) is 11.2. The lowest BCUT2D eigenvalue weighted by Crippen LogP contribution is -2.29. The number of anilines is 2. The van der Waals surface area contributed by atoms with Gasteiger partial charge in [0.15, 0.2) is 5.11 Å². The largest absolute Gasteiger partial charge is 0.494 e. The zero-order valence-corrected chi connectivity index (χ0v) is 23.3. The topological polar surface area (TPSA) is 84.3 Å². The minimum atomic E-state index is -0.170. The van der Waals surface area contributed by atoms with Gasteiger partial charge in [0.2, 0.25) is 5.91 Å². The lowest BCUT2D eigenvalue weighted by atomic mass is 9.96. The number of carbonyl (C=O) groups excluding carboxylic acids is 1. The summed E-state index contributed by atoms with van der Waals surface area (Å²) in [4.78, 5) is 23.2. The summed E-state index contributed by atoms with van der Waals surface area (Å²) < 4.78 is 7.98. The van der Waals surface area contributed by atoms with E-state index < -0.39 is 0 Å². The predicted molar refractivity (Wildman–Crippen MR) is 157 cm³/mol. The van der Waals surface area contributed by atoms with Crippen molar-refractivity contribution in [3.63, 3.8) is 0 Å². The van der Waals surface area contributed by atoms with E-state index in [1.54, 1.807) is 19.5 Å². The second-order valence-electron chi connectivity index (χ2n) is 9.56. The van der Waals surface area contributed by atoms with Gasteiger partial charge in [-0.2, -0.15) is 0 Å². The highest BCUT2D eigenvalue weighted by Gasteiger charge is 2.42. The molecule has 200 valence electrons. The molecule has 1 aliphatic heterocycles. The number of aromatic nitrogens is 3. The first-order valence-corrected chi connectivity index (χ1v) is 13.4. The van der Waals surface area contributed by atoms with Crippen LogP contribution in [0.4, 0.5) is 11.4 Å². The molecule has 0 unspecified atom stereocenters. The number of hydrogen-bond donors (Lipinski definition) is 2. The van der Waals surface area contributed by atoms with E-state index in [4.69, 9.17) is 17.0 Å². The molecule has 1 aromatic carbocycles. The number of ether oxygens (including phenoxy) is 1. The van der Waals surface area contributed by atoms with Gasteiger partial charge in [-0.1, -0.05) is 19.1 Å². The third-order valence-electron chi connectivity index (χ3n) is 7.15. The fourth-order valence-electron chi connectivity index (χ4n) is 5.17. The molecule has 0 radical (unpaired) electrons.